The first-order valence-corrected chi connectivity index (χ1v) is 11.4. The van der Waals surface area contributed by atoms with Gasteiger partial charge in [0, 0.05) is 12.0 Å². The number of Topliss-reactive ketones (excluding diaryl/α,β-unsaturated/α-hetero) is 1. The zero-order valence-electron chi connectivity index (χ0n) is 19.8. The first-order chi connectivity index (χ1) is 16.9. The van der Waals surface area contributed by atoms with Crippen LogP contribution in [-0.2, 0) is 16.6 Å². The van der Waals surface area contributed by atoms with Crippen LogP contribution in [-0.4, -0.2) is 37.9 Å². The first kappa shape index (κ1) is 22.8. The molecule has 7 nitrogen and oxygen atoms in total. The number of carbonyl (C=O) groups is 2. The molecule has 0 aromatic heterocycles. The summed E-state index contributed by atoms with van der Waals surface area (Å²) in [7, 11) is 2.98. The second-order valence-corrected chi connectivity index (χ2v) is 8.96. The first-order valence-electron chi connectivity index (χ1n) is 11.4. The van der Waals surface area contributed by atoms with Gasteiger partial charge in [0.15, 0.2) is 23.0 Å². The van der Waals surface area contributed by atoms with Crippen LogP contribution < -0.4 is 18.9 Å². The lowest BCUT2D eigenvalue weighted by Gasteiger charge is -2.17. The highest BCUT2D eigenvalue weighted by Gasteiger charge is 2.50. The molecule has 0 saturated heterocycles. The summed E-state index contributed by atoms with van der Waals surface area (Å²) < 4.78 is 21.6. The maximum atomic E-state index is 13.5. The zero-order chi connectivity index (χ0) is 24.7. The highest BCUT2D eigenvalue weighted by Crippen LogP contribution is 2.51. The number of benzene rings is 3. The van der Waals surface area contributed by atoms with E-state index < -0.39 is 11.4 Å². The van der Waals surface area contributed by atoms with E-state index >= 15 is 0 Å². The molecular formula is C28H26O7. The number of rotatable bonds is 8. The van der Waals surface area contributed by atoms with Crippen LogP contribution >= 0.6 is 0 Å². The summed E-state index contributed by atoms with van der Waals surface area (Å²) in [5.74, 6) is 1.22. The Morgan fingerprint density at radius 2 is 1.63 bits per heavy atom. The summed E-state index contributed by atoms with van der Waals surface area (Å²) in [5, 5.41) is 9.85. The summed E-state index contributed by atoms with van der Waals surface area (Å²) >= 11 is 0. The number of carboxylic acids is 1. The van der Waals surface area contributed by atoms with Gasteiger partial charge in [-0.2, -0.15) is 0 Å². The van der Waals surface area contributed by atoms with Crippen LogP contribution in [0.2, 0.25) is 0 Å². The molecule has 7 heteroatoms. The van der Waals surface area contributed by atoms with Crippen molar-refractivity contribution in [1.29, 1.82) is 0 Å². The smallest absolute Gasteiger partial charge is 0.336 e. The highest BCUT2D eigenvalue weighted by molar-refractivity contribution is 5.98. The second kappa shape index (κ2) is 8.65. The normalized spacial score (nSPS) is 14.9. The van der Waals surface area contributed by atoms with Crippen molar-refractivity contribution in [3.8, 4) is 34.1 Å². The molecule has 3 aromatic carbocycles. The van der Waals surface area contributed by atoms with Crippen molar-refractivity contribution < 1.29 is 33.6 Å². The Balaban J connectivity index is 1.48. The average molecular weight is 475 g/mol. The Morgan fingerprint density at radius 3 is 2.31 bits per heavy atom. The van der Waals surface area contributed by atoms with Gasteiger partial charge < -0.3 is 24.1 Å². The quantitative estimate of drug-likeness (QED) is 0.494. The summed E-state index contributed by atoms with van der Waals surface area (Å²) in [6.45, 7) is 2.11. The largest absolute Gasteiger partial charge is 0.493 e. The number of aryl methyl sites for hydroxylation is 1. The van der Waals surface area contributed by atoms with E-state index in [1.54, 1.807) is 6.07 Å². The monoisotopic (exact) mass is 474 g/mol. The number of ether oxygens (including phenoxy) is 4. The fourth-order valence-corrected chi connectivity index (χ4v) is 4.75. The van der Waals surface area contributed by atoms with Crippen LogP contribution in [0.15, 0.2) is 48.5 Å². The Bertz CT molecular complexity index is 1340. The Morgan fingerprint density at radius 1 is 0.914 bits per heavy atom. The minimum atomic E-state index is -1.07. The van der Waals surface area contributed by atoms with Crippen LogP contribution in [0.1, 0.15) is 39.9 Å². The molecule has 1 fully saturated rings. The van der Waals surface area contributed by atoms with Gasteiger partial charge in [-0.25, -0.2) is 4.79 Å². The van der Waals surface area contributed by atoms with Gasteiger partial charge in [-0.05, 0) is 66.3 Å². The molecule has 2 aliphatic rings. The van der Waals surface area contributed by atoms with Crippen LogP contribution in [0.25, 0.3) is 11.1 Å². The fourth-order valence-electron chi connectivity index (χ4n) is 4.75. The Labute approximate surface area is 203 Å². The van der Waals surface area contributed by atoms with Crippen molar-refractivity contribution in [1.82, 2.24) is 0 Å². The van der Waals surface area contributed by atoms with Gasteiger partial charge in [-0.3, -0.25) is 4.79 Å². The van der Waals surface area contributed by atoms with Gasteiger partial charge in [0.2, 0.25) is 6.79 Å². The van der Waals surface area contributed by atoms with E-state index in [2.05, 4.69) is 0 Å². The van der Waals surface area contributed by atoms with Gasteiger partial charge in [0.05, 0.1) is 25.2 Å². The number of aromatic carboxylic acids is 1. The maximum absolute atomic E-state index is 13.5. The summed E-state index contributed by atoms with van der Waals surface area (Å²) in [6, 6.07) is 14.6. The van der Waals surface area contributed by atoms with Crippen molar-refractivity contribution >= 4 is 11.8 Å². The fraction of sp³-hybridized carbons (Fsp3) is 0.286. The summed E-state index contributed by atoms with van der Waals surface area (Å²) in [5.41, 5.74) is 3.52. The molecule has 35 heavy (non-hydrogen) atoms. The van der Waals surface area contributed by atoms with E-state index in [1.165, 1.54) is 20.3 Å². The zero-order valence-corrected chi connectivity index (χ0v) is 19.8. The molecule has 0 bridgehead atoms. The van der Waals surface area contributed by atoms with Crippen molar-refractivity contribution in [3.63, 3.8) is 0 Å². The molecule has 180 valence electrons. The van der Waals surface area contributed by atoms with E-state index in [0.29, 0.717) is 28.6 Å². The van der Waals surface area contributed by atoms with E-state index in [0.717, 1.165) is 35.1 Å². The minimum Gasteiger partial charge on any atom is -0.493 e. The molecule has 1 N–H and O–H groups in total. The Hall–Kier alpha value is -4.00. The SMILES string of the molecule is COc1cc(C(=O)O)c(-c2cc(CC(=O)C3(c4ccc5c(c4)OCO5)CC3)ccc2C)cc1OC. The molecule has 0 atom stereocenters. The molecule has 5 rings (SSSR count). The van der Waals surface area contributed by atoms with Crippen molar-refractivity contribution in [2.75, 3.05) is 21.0 Å². The number of carbonyl (C=O) groups excluding carboxylic acids is 1. The topological polar surface area (TPSA) is 91.3 Å². The van der Waals surface area contributed by atoms with Crippen molar-refractivity contribution in [2.24, 2.45) is 0 Å². The van der Waals surface area contributed by atoms with Crippen molar-refractivity contribution in [2.45, 2.75) is 31.6 Å². The van der Waals surface area contributed by atoms with Gasteiger partial charge >= 0.3 is 5.97 Å². The second-order valence-electron chi connectivity index (χ2n) is 8.96. The standard InChI is InChI=1S/C28H26O7/c1-16-4-5-17(10-19(16)20-13-23(32-2)24(33-3)14-21(20)27(30)31)11-26(29)28(8-9-28)18-6-7-22-25(12-18)35-15-34-22/h4-7,10,12-14H,8-9,11,15H2,1-3H3,(H,30,31). The lowest BCUT2D eigenvalue weighted by Crippen LogP contribution is -2.22. The van der Waals surface area contributed by atoms with Gasteiger partial charge in [-0.15, -0.1) is 0 Å². The number of ketones is 1. The maximum Gasteiger partial charge on any atom is 0.336 e. The number of hydrogen-bond acceptors (Lipinski definition) is 6. The third-order valence-electron chi connectivity index (χ3n) is 6.92. The summed E-state index contributed by atoms with van der Waals surface area (Å²) in [6.07, 6.45) is 1.84. The van der Waals surface area contributed by atoms with Crippen LogP contribution in [0, 0.1) is 6.92 Å². The van der Waals surface area contributed by atoms with Gasteiger partial charge in [-0.1, -0.05) is 24.3 Å². The molecule has 3 aromatic rings. The van der Waals surface area contributed by atoms with Crippen molar-refractivity contribution in [3.05, 3.63) is 70.8 Å². The van der Waals surface area contributed by atoms with E-state index in [-0.39, 0.29) is 24.6 Å². The van der Waals surface area contributed by atoms with E-state index in [4.69, 9.17) is 18.9 Å². The third kappa shape index (κ3) is 3.97. The van der Waals surface area contributed by atoms with Gasteiger partial charge in [0.1, 0.15) is 5.78 Å². The lowest BCUT2D eigenvalue weighted by molar-refractivity contribution is -0.120. The lowest BCUT2D eigenvalue weighted by atomic mass is 9.86. The molecule has 0 radical (unpaired) electrons. The van der Waals surface area contributed by atoms with Crippen LogP contribution in [0.4, 0.5) is 0 Å². The van der Waals surface area contributed by atoms with Crippen LogP contribution in [0.5, 0.6) is 23.0 Å². The molecule has 1 saturated carbocycles. The minimum absolute atomic E-state index is 0.105. The summed E-state index contributed by atoms with van der Waals surface area (Å²) in [4.78, 5) is 25.5. The molecular weight excluding hydrogens is 448 g/mol. The molecule has 0 spiro atoms. The van der Waals surface area contributed by atoms with E-state index in [1.807, 2.05) is 43.3 Å². The molecule has 0 unspecified atom stereocenters. The third-order valence-corrected chi connectivity index (χ3v) is 6.92. The highest BCUT2D eigenvalue weighted by atomic mass is 16.7. The number of methoxy groups -OCH3 is 2. The number of hydrogen-bond donors (Lipinski definition) is 1. The molecule has 0 amide bonds. The predicted molar refractivity (Wildman–Crippen MR) is 129 cm³/mol. The average Bonchev–Trinajstić information content (AvgIpc) is 3.55. The number of fused-ring (bicyclic) bond motifs is 1. The Kier molecular flexibility index (Phi) is 5.63. The van der Waals surface area contributed by atoms with E-state index in [9.17, 15) is 14.7 Å². The predicted octanol–water partition coefficient (Wildman–Crippen LogP) is 4.95. The van der Waals surface area contributed by atoms with Gasteiger partial charge in [0.25, 0.3) is 0 Å². The number of carboxylic acid groups (broad SMARTS) is 1. The molecule has 1 heterocycles. The van der Waals surface area contributed by atoms with Crippen LogP contribution in [0.3, 0.4) is 0 Å². The molecule has 1 aliphatic carbocycles. The molecule has 1 aliphatic heterocycles.